The molecular formula is C24H36N6O5. The van der Waals surface area contributed by atoms with E-state index >= 15 is 0 Å². The fraction of sp³-hybridized carbons (Fsp3) is 0.667. The first-order valence-electron chi connectivity index (χ1n) is 12.5. The Morgan fingerprint density at radius 2 is 1.91 bits per heavy atom. The minimum atomic E-state index is -0.498. The first kappa shape index (κ1) is 25.5. The van der Waals surface area contributed by atoms with Gasteiger partial charge in [-0.05, 0) is 24.8 Å². The van der Waals surface area contributed by atoms with E-state index in [-0.39, 0.29) is 29.5 Å². The van der Waals surface area contributed by atoms with Crippen molar-refractivity contribution in [1.82, 2.24) is 20.0 Å². The second-order valence-corrected chi connectivity index (χ2v) is 9.60. The van der Waals surface area contributed by atoms with E-state index in [4.69, 9.17) is 10.5 Å². The maximum absolute atomic E-state index is 13.0. The van der Waals surface area contributed by atoms with E-state index in [0.717, 1.165) is 57.8 Å². The van der Waals surface area contributed by atoms with Crippen LogP contribution < -0.4 is 11.1 Å². The van der Waals surface area contributed by atoms with E-state index in [1.165, 1.54) is 12.1 Å². The molecule has 2 amide bonds. The van der Waals surface area contributed by atoms with Crippen LogP contribution in [0.2, 0.25) is 0 Å². The molecule has 0 bridgehead atoms. The molecule has 2 heterocycles. The number of ether oxygens (including phenoxy) is 1. The highest BCUT2D eigenvalue weighted by molar-refractivity contribution is 5.90. The first-order chi connectivity index (χ1) is 17.0. The quantitative estimate of drug-likeness (QED) is 0.333. The standard InChI is InChI=1S/C24H36N6O5/c25-7-8-26-23(31)22-15-21(17-29(22)24(32)19-3-4-19)28(10-9-27-11-13-35-14-12-27)16-18-1-5-20(6-2-18)30(33)34/h1-2,5-6,19,21-22H,3-4,7-17,25H2,(H,26,31). The van der Waals surface area contributed by atoms with Gasteiger partial charge in [0.15, 0.2) is 0 Å². The fourth-order valence-corrected chi connectivity index (χ4v) is 4.89. The number of carbonyl (C=O) groups is 2. The Bertz CT molecular complexity index is 887. The van der Waals surface area contributed by atoms with Crippen LogP contribution in [0, 0.1) is 16.0 Å². The number of nitro groups is 1. The van der Waals surface area contributed by atoms with Gasteiger partial charge in [-0.15, -0.1) is 0 Å². The third-order valence-electron chi connectivity index (χ3n) is 7.09. The highest BCUT2D eigenvalue weighted by Gasteiger charge is 2.45. The number of hydrogen-bond donors (Lipinski definition) is 2. The molecule has 0 radical (unpaired) electrons. The molecular weight excluding hydrogens is 452 g/mol. The summed E-state index contributed by atoms with van der Waals surface area (Å²) < 4.78 is 5.47. The Labute approximate surface area is 205 Å². The van der Waals surface area contributed by atoms with Crippen molar-refractivity contribution >= 4 is 17.5 Å². The van der Waals surface area contributed by atoms with Crippen LogP contribution in [-0.4, -0.2) is 103 Å². The Balaban J connectivity index is 1.49. The van der Waals surface area contributed by atoms with Crippen molar-refractivity contribution in [2.45, 2.75) is 37.9 Å². The van der Waals surface area contributed by atoms with Crippen molar-refractivity contribution in [3.05, 3.63) is 39.9 Å². The lowest BCUT2D eigenvalue weighted by molar-refractivity contribution is -0.384. The maximum Gasteiger partial charge on any atom is 0.269 e. The average molecular weight is 489 g/mol. The van der Waals surface area contributed by atoms with E-state index in [0.29, 0.717) is 32.6 Å². The summed E-state index contributed by atoms with van der Waals surface area (Å²) in [5.74, 6) is -0.0330. The van der Waals surface area contributed by atoms with Gasteiger partial charge in [0.1, 0.15) is 6.04 Å². The second kappa shape index (κ2) is 11.9. The number of hydrogen-bond acceptors (Lipinski definition) is 8. The number of nitrogens with one attached hydrogen (secondary N) is 1. The van der Waals surface area contributed by atoms with Crippen molar-refractivity contribution in [1.29, 1.82) is 0 Å². The summed E-state index contributed by atoms with van der Waals surface area (Å²) in [6.07, 6.45) is 2.34. The van der Waals surface area contributed by atoms with Crippen LogP contribution in [-0.2, 0) is 20.9 Å². The van der Waals surface area contributed by atoms with Gasteiger partial charge in [0, 0.05) is 76.5 Å². The van der Waals surface area contributed by atoms with E-state index in [1.807, 2.05) is 0 Å². The summed E-state index contributed by atoms with van der Waals surface area (Å²) in [4.78, 5) is 43.1. The fourth-order valence-electron chi connectivity index (χ4n) is 4.89. The molecule has 4 rings (SSSR count). The lowest BCUT2D eigenvalue weighted by atomic mass is 10.1. The van der Waals surface area contributed by atoms with Crippen molar-refractivity contribution in [3.63, 3.8) is 0 Å². The summed E-state index contributed by atoms with van der Waals surface area (Å²) >= 11 is 0. The number of nitrogens with zero attached hydrogens (tertiary/aromatic N) is 4. The Kier molecular flexibility index (Phi) is 8.66. The SMILES string of the molecule is NCCNC(=O)C1CC(N(CCN2CCOCC2)Cc2ccc([N+](=O)[O-])cc2)CN1C(=O)C1CC1. The number of likely N-dealkylation sites (tertiary alicyclic amines) is 1. The molecule has 1 saturated carbocycles. The minimum Gasteiger partial charge on any atom is -0.379 e. The summed E-state index contributed by atoms with van der Waals surface area (Å²) in [7, 11) is 0. The first-order valence-corrected chi connectivity index (χ1v) is 12.5. The molecule has 3 fully saturated rings. The number of morpholine rings is 1. The molecule has 1 aromatic rings. The number of amides is 2. The van der Waals surface area contributed by atoms with Crippen LogP contribution in [0.1, 0.15) is 24.8 Å². The number of carbonyl (C=O) groups excluding carboxylic acids is 2. The predicted molar refractivity (Wildman–Crippen MR) is 129 cm³/mol. The molecule has 11 heteroatoms. The normalized spacial score (nSPS) is 23.0. The van der Waals surface area contributed by atoms with Gasteiger partial charge >= 0.3 is 0 Å². The van der Waals surface area contributed by atoms with Crippen LogP contribution in [0.4, 0.5) is 5.69 Å². The smallest absolute Gasteiger partial charge is 0.269 e. The van der Waals surface area contributed by atoms with Crippen LogP contribution in [0.25, 0.3) is 0 Å². The Morgan fingerprint density at radius 3 is 2.54 bits per heavy atom. The zero-order valence-electron chi connectivity index (χ0n) is 20.1. The molecule has 11 nitrogen and oxygen atoms in total. The zero-order valence-corrected chi connectivity index (χ0v) is 20.1. The van der Waals surface area contributed by atoms with Gasteiger partial charge in [-0.3, -0.25) is 29.5 Å². The second-order valence-electron chi connectivity index (χ2n) is 9.60. The molecule has 2 unspecified atom stereocenters. The van der Waals surface area contributed by atoms with Gasteiger partial charge in [-0.2, -0.15) is 0 Å². The van der Waals surface area contributed by atoms with Gasteiger partial charge < -0.3 is 20.7 Å². The summed E-state index contributed by atoms with van der Waals surface area (Å²) in [5, 5.41) is 13.9. The molecule has 2 saturated heterocycles. The summed E-state index contributed by atoms with van der Waals surface area (Å²) in [5.41, 5.74) is 6.60. The maximum atomic E-state index is 13.0. The molecule has 192 valence electrons. The number of non-ortho nitro benzene ring substituents is 1. The lowest BCUT2D eigenvalue weighted by Gasteiger charge is -2.33. The summed E-state index contributed by atoms with van der Waals surface area (Å²) in [6, 6.07) is 6.14. The Morgan fingerprint density at radius 1 is 1.20 bits per heavy atom. The van der Waals surface area contributed by atoms with Crippen LogP contribution in [0.5, 0.6) is 0 Å². The highest BCUT2D eigenvalue weighted by atomic mass is 16.6. The van der Waals surface area contributed by atoms with Crippen LogP contribution >= 0.6 is 0 Å². The number of benzene rings is 1. The van der Waals surface area contributed by atoms with Crippen molar-refractivity contribution in [3.8, 4) is 0 Å². The minimum absolute atomic E-state index is 0.0163. The average Bonchev–Trinajstić information content (AvgIpc) is 3.63. The van der Waals surface area contributed by atoms with Gasteiger partial charge in [0.05, 0.1) is 18.1 Å². The summed E-state index contributed by atoms with van der Waals surface area (Å²) in [6.45, 7) is 6.66. The zero-order chi connectivity index (χ0) is 24.8. The number of nitro benzene ring substituents is 1. The van der Waals surface area contributed by atoms with Gasteiger partial charge in [-0.25, -0.2) is 0 Å². The third kappa shape index (κ3) is 6.75. The topological polar surface area (TPSA) is 134 Å². The van der Waals surface area contributed by atoms with Gasteiger partial charge in [0.2, 0.25) is 11.8 Å². The molecule has 1 aliphatic carbocycles. The highest BCUT2D eigenvalue weighted by Crippen LogP contribution is 2.35. The van der Waals surface area contributed by atoms with Crippen molar-refractivity contribution in [2.24, 2.45) is 11.7 Å². The van der Waals surface area contributed by atoms with Crippen LogP contribution in [0.3, 0.4) is 0 Å². The largest absolute Gasteiger partial charge is 0.379 e. The van der Waals surface area contributed by atoms with Gasteiger partial charge in [-0.1, -0.05) is 12.1 Å². The Hall–Kier alpha value is -2.60. The molecule has 2 atom stereocenters. The van der Waals surface area contributed by atoms with Crippen molar-refractivity contribution < 1.29 is 19.2 Å². The number of nitrogens with two attached hydrogens (primary N) is 1. The van der Waals surface area contributed by atoms with E-state index in [9.17, 15) is 19.7 Å². The van der Waals surface area contributed by atoms with E-state index in [1.54, 1.807) is 17.0 Å². The molecule has 2 aliphatic heterocycles. The van der Waals surface area contributed by atoms with Crippen LogP contribution in [0.15, 0.2) is 24.3 Å². The molecule has 0 aromatic heterocycles. The molecule has 3 aliphatic rings. The molecule has 1 aromatic carbocycles. The van der Waals surface area contributed by atoms with Gasteiger partial charge in [0.25, 0.3) is 5.69 Å². The number of rotatable bonds is 11. The monoisotopic (exact) mass is 488 g/mol. The molecule has 0 spiro atoms. The van der Waals surface area contributed by atoms with E-state index in [2.05, 4.69) is 15.1 Å². The lowest BCUT2D eigenvalue weighted by Crippen LogP contribution is -2.47. The third-order valence-corrected chi connectivity index (χ3v) is 7.09. The van der Waals surface area contributed by atoms with E-state index < -0.39 is 11.0 Å². The molecule has 35 heavy (non-hydrogen) atoms. The predicted octanol–water partition coefficient (Wildman–Crippen LogP) is 0.183. The molecule has 3 N–H and O–H groups in total. The van der Waals surface area contributed by atoms with Crippen molar-refractivity contribution in [2.75, 3.05) is 59.0 Å².